The molecule has 3 heteroatoms. The molecule has 1 rings (SSSR count). The van der Waals surface area contributed by atoms with Crippen molar-refractivity contribution in [3.63, 3.8) is 0 Å². The molecule has 0 saturated carbocycles. The number of hydrogen-bond donors (Lipinski definition) is 1. The van der Waals surface area contributed by atoms with Gasteiger partial charge in [0.1, 0.15) is 0 Å². The molecule has 0 aliphatic heterocycles. The Balaban J connectivity index is 2.19. The van der Waals surface area contributed by atoms with Crippen LogP contribution >= 0.6 is 0 Å². The summed E-state index contributed by atoms with van der Waals surface area (Å²) in [6.07, 6.45) is 1.24. The van der Waals surface area contributed by atoms with Crippen molar-refractivity contribution in [1.29, 1.82) is 0 Å². The SMILES string of the molecule is CCC(CCOCc1ccccc1)C(=O)O. The van der Waals surface area contributed by atoms with Crippen LogP contribution in [0.1, 0.15) is 25.3 Å². The van der Waals surface area contributed by atoms with E-state index in [2.05, 4.69) is 0 Å². The molecular formula is C13H18O3. The quantitative estimate of drug-likeness (QED) is 0.721. The van der Waals surface area contributed by atoms with E-state index < -0.39 is 5.97 Å². The monoisotopic (exact) mass is 222 g/mol. The van der Waals surface area contributed by atoms with Crippen molar-refractivity contribution in [2.24, 2.45) is 5.92 Å². The van der Waals surface area contributed by atoms with E-state index in [9.17, 15) is 4.79 Å². The van der Waals surface area contributed by atoms with Crippen molar-refractivity contribution >= 4 is 5.97 Å². The van der Waals surface area contributed by atoms with Crippen LogP contribution in [-0.4, -0.2) is 17.7 Å². The maximum Gasteiger partial charge on any atom is 0.306 e. The lowest BCUT2D eigenvalue weighted by Gasteiger charge is -2.09. The van der Waals surface area contributed by atoms with Crippen LogP contribution < -0.4 is 0 Å². The molecule has 0 aliphatic carbocycles. The largest absolute Gasteiger partial charge is 0.481 e. The Morgan fingerprint density at radius 1 is 1.38 bits per heavy atom. The number of carboxylic acids is 1. The van der Waals surface area contributed by atoms with Crippen LogP contribution in [0.3, 0.4) is 0 Å². The highest BCUT2D eigenvalue weighted by molar-refractivity contribution is 5.69. The first-order valence-corrected chi connectivity index (χ1v) is 5.58. The van der Waals surface area contributed by atoms with Crippen molar-refractivity contribution in [2.45, 2.75) is 26.4 Å². The third-order valence-corrected chi connectivity index (χ3v) is 2.56. The average Bonchev–Trinajstić information content (AvgIpc) is 2.30. The van der Waals surface area contributed by atoms with Gasteiger partial charge in [0, 0.05) is 6.61 Å². The lowest BCUT2D eigenvalue weighted by molar-refractivity contribution is -0.142. The van der Waals surface area contributed by atoms with E-state index in [1.807, 2.05) is 37.3 Å². The van der Waals surface area contributed by atoms with Crippen molar-refractivity contribution in [2.75, 3.05) is 6.61 Å². The molecule has 1 N–H and O–H groups in total. The molecule has 1 unspecified atom stereocenters. The first kappa shape index (κ1) is 12.7. The molecule has 0 aromatic heterocycles. The van der Waals surface area contributed by atoms with E-state index >= 15 is 0 Å². The molecule has 0 spiro atoms. The predicted molar refractivity (Wildman–Crippen MR) is 62.1 cm³/mol. The summed E-state index contributed by atoms with van der Waals surface area (Å²) in [5, 5.41) is 8.83. The predicted octanol–water partition coefficient (Wildman–Crippen LogP) is 2.70. The standard InChI is InChI=1S/C13H18O3/c1-2-12(13(14)15)8-9-16-10-11-6-4-3-5-7-11/h3-7,12H,2,8-10H2,1H3,(H,14,15). The summed E-state index contributed by atoms with van der Waals surface area (Å²) in [5.41, 5.74) is 1.12. The van der Waals surface area contributed by atoms with Gasteiger partial charge in [-0.3, -0.25) is 4.79 Å². The van der Waals surface area contributed by atoms with Crippen LogP contribution in [0.2, 0.25) is 0 Å². The van der Waals surface area contributed by atoms with Crippen LogP contribution in [0.15, 0.2) is 30.3 Å². The second-order valence-electron chi connectivity index (χ2n) is 3.77. The molecule has 88 valence electrons. The zero-order valence-electron chi connectivity index (χ0n) is 9.56. The molecule has 0 bridgehead atoms. The van der Waals surface area contributed by atoms with Crippen LogP contribution in [0, 0.1) is 5.92 Å². The minimum Gasteiger partial charge on any atom is -0.481 e. The van der Waals surface area contributed by atoms with Gasteiger partial charge >= 0.3 is 5.97 Å². The van der Waals surface area contributed by atoms with Gasteiger partial charge in [0.25, 0.3) is 0 Å². The van der Waals surface area contributed by atoms with E-state index in [1.54, 1.807) is 0 Å². The van der Waals surface area contributed by atoms with Gasteiger partial charge < -0.3 is 9.84 Å². The highest BCUT2D eigenvalue weighted by Gasteiger charge is 2.13. The first-order valence-electron chi connectivity index (χ1n) is 5.58. The van der Waals surface area contributed by atoms with E-state index in [0.29, 0.717) is 26.1 Å². The molecule has 1 atom stereocenters. The number of benzene rings is 1. The lowest BCUT2D eigenvalue weighted by atomic mass is 10.0. The Morgan fingerprint density at radius 3 is 2.62 bits per heavy atom. The van der Waals surface area contributed by atoms with E-state index in [0.717, 1.165) is 5.56 Å². The van der Waals surface area contributed by atoms with Gasteiger partial charge in [-0.25, -0.2) is 0 Å². The zero-order valence-corrected chi connectivity index (χ0v) is 9.56. The highest BCUT2D eigenvalue weighted by atomic mass is 16.5. The maximum atomic E-state index is 10.7. The Labute approximate surface area is 96.1 Å². The summed E-state index contributed by atoms with van der Waals surface area (Å²) in [6, 6.07) is 9.87. The number of aliphatic carboxylic acids is 1. The number of carbonyl (C=O) groups is 1. The van der Waals surface area contributed by atoms with Gasteiger partial charge in [-0.15, -0.1) is 0 Å². The number of ether oxygens (including phenoxy) is 1. The molecule has 16 heavy (non-hydrogen) atoms. The second-order valence-corrected chi connectivity index (χ2v) is 3.77. The van der Waals surface area contributed by atoms with Gasteiger partial charge in [-0.1, -0.05) is 37.3 Å². The molecule has 1 aromatic rings. The first-order chi connectivity index (χ1) is 7.74. The van der Waals surface area contributed by atoms with Crippen LogP contribution in [-0.2, 0) is 16.1 Å². The summed E-state index contributed by atoms with van der Waals surface area (Å²) < 4.78 is 5.44. The molecule has 0 amide bonds. The van der Waals surface area contributed by atoms with Crippen LogP contribution in [0.5, 0.6) is 0 Å². The Morgan fingerprint density at radius 2 is 2.06 bits per heavy atom. The molecule has 0 heterocycles. The molecular weight excluding hydrogens is 204 g/mol. The zero-order chi connectivity index (χ0) is 11.8. The summed E-state index contributed by atoms with van der Waals surface area (Å²) in [7, 11) is 0. The van der Waals surface area contributed by atoms with Gasteiger partial charge in [-0.05, 0) is 18.4 Å². The summed E-state index contributed by atoms with van der Waals surface area (Å²) in [5.74, 6) is -1.01. The molecule has 0 fully saturated rings. The van der Waals surface area contributed by atoms with E-state index in [1.165, 1.54) is 0 Å². The maximum absolute atomic E-state index is 10.7. The lowest BCUT2D eigenvalue weighted by Crippen LogP contribution is -2.14. The summed E-state index contributed by atoms with van der Waals surface area (Å²) >= 11 is 0. The third-order valence-electron chi connectivity index (χ3n) is 2.56. The van der Waals surface area contributed by atoms with Gasteiger partial charge in [0.2, 0.25) is 0 Å². The smallest absolute Gasteiger partial charge is 0.306 e. The number of rotatable bonds is 7. The number of hydrogen-bond acceptors (Lipinski definition) is 2. The topological polar surface area (TPSA) is 46.5 Å². The van der Waals surface area contributed by atoms with E-state index in [-0.39, 0.29) is 5.92 Å². The van der Waals surface area contributed by atoms with Gasteiger partial charge in [-0.2, -0.15) is 0 Å². The third kappa shape index (κ3) is 4.45. The average molecular weight is 222 g/mol. The Kier molecular flexibility index (Phi) is 5.57. The van der Waals surface area contributed by atoms with Crippen molar-refractivity contribution < 1.29 is 14.6 Å². The van der Waals surface area contributed by atoms with Gasteiger partial charge in [0.15, 0.2) is 0 Å². The minimum absolute atomic E-state index is 0.282. The number of carboxylic acid groups (broad SMARTS) is 1. The highest BCUT2D eigenvalue weighted by Crippen LogP contribution is 2.09. The van der Waals surface area contributed by atoms with Crippen LogP contribution in [0.25, 0.3) is 0 Å². The molecule has 0 radical (unpaired) electrons. The minimum atomic E-state index is -0.731. The van der Waals surface area contributed by atoms with Crippen LogP contribution in [0.4, 0.5) is 0 Å². The fourth-order valence-electron chi connectivity index (χ4n) is 1.49. The fourth-order valence-corrected chi connectivity index (χ4v) is 1.49. The Bertz CT molecular complexity index is 308. The summed E-state index contributed by atoms with van der Waals surface area (Å²) in [6.45, 7) is 2.94. The van der Waals surface area contributed by atoms with Crippen molar-refractivity contribution in [3.05, 3.63) is 35.9 Å². The van der Waals surface area contributed by atoms with E-state index in [4.69, 9.17) is 9.84 Å². The summed E-state index contributed by atoms with van der Waals surface area (Å²) in [4.78, 5) is 10.7. The van der Waals surface area contributed by atoms with Crippen molar-refractivity contribution in [3.8, 4) is 0 Å². The Hall–Kier alpha value is -1.35. The fraction of sp³-hybridized carbons (Fsp3) is 0.462. The molecule has 1 aromatic carbocycles. The van der Waals surface area contributed by atoms with Gasteiger partial charge in [0.05, 0.1) is 12.5 Å². The normalized spacial score (nSPS) is 12.3. The second kappa shape index (κ2) is 7.01. The molecule has 0 aliphatic rings. The molecule has 0 saturated heterocycles. The van der Waals surface area contributed by atoms with Crippen molar-refractivity contribution in [1.82, 2.24) is 0 Å². The molecule has 3 nitrogen and oxygen atoms in total.